The van der Waals surface area contributed by atoms with E-state index < -0.39 is 42.2 Å². The van der Waals surface area contributed by atoms with E-state index in [0.717, 1.165) is 0 Å². The SMILES string of the molecule is C[C@@H](NC(=O)C(F)F)[C@H]1C(=O)N2C(C(=O)O)=C(S[C@@H]3CN[C@@H](C(=O)N(C)C)C3)[C@H](C)[C@H]12. The highest BCUT2D eigenvalue weighted by molar-refractivity contribution is 8.03. The molecule has 0 bridgehead atoms. The molecule has 3 heterocycles. The Balaban J connectivity index is 1.75. The van der Waals surface area contributed by atoms with E-state index in [0.29, 0.717) is 17.9 Å². The highest BCUT2D eigenvalue weighted by Crippen LogP contribution is 2.51. The van der Waals surface area contributed by atoms with Gasteiger partial charge in [-0.25, -0.2) is 4.79 Å². The van der Waals surface area contributed by atoms with Crippen LogP contribution in [0.2, 0.25) is 0 Å². The van der Waals surface area contributed by atoms with Crippen LogP contribution in [0.25, 0.3) is 0 Å². The maximum atomic E-state index is 12.7. The molecule has 0 saturated carbocycles. The summed E-state index contributed by atoms with van der Waals surface area (Å²) in [7, 11) is 3.33. The molecule has 0 spiro atoms. The Morgan fingerprint density at radius 3 is 2.52 bits per heavy atom. The van der Waals surface area contributed by atoms with Gasteiger partial charge in [0.05, 0.1) is 18.0 Å². The molecule has 0 aromatic carbocycles. The summed E-state index contributed by atoms with van der Waals surface area (Å²) < 4.78 is 25.2. The lowest BCUT2D eigenvalue weighted by molar-refractivity contribution is -0.159. The molecular formula is C19H26F2N4O5S. The summed E-state index contributed by atoms with van der Waals surface area (Å²) >= 11 is 1.34. The normalized spacial score (nSPS) is 30.9. The quantitative estimate of drug-likeness (QED) is 0.461. The zero-order chi connectivity index (χ0) is 23.2. The van der Waals surface area contributed by atoms with Gasteiger partial charge in [-0.3, -0.25) is 14.4 Å². The number of β-lactam (4-membered cyclic amide) rings is 1. The van der Waals surface area contributed by atoms with Crippen LogP contribution in [0, 0.1) is 11.8 Å². The average molecular weight is 461 g/mol. The fourth-order valence-corrected chi connectivity index (χ4v) is 6.02. The van der Waals surface area contributed by atoms with E-state index in [-0.39, 0.29) is 28.8 Å². The number of carbonyl (C=O) groups excluding carboxylic acids is 3. The molecule has 3 aliphatic heterocycles. The van der Waals surface area contributed by atoms with E-state index in [1.807, 2.05) is 0 Å². The Morgan fingerprint density at radius 2 is 1.97 bits per heavy atom. The molecule has 3 aliphatic rings. The lowest BCUT2D eigenvalue weighted by Gasteiger charge is -2.47. The summed E-state index contributed by atoms with van der Waals surface area (Å²) in [5.74, 6) is -4.38. The number of amides is 3. The molecule has 3 N–H and O–H groups in total. The number of carboxylic acids is 1. The number of carbonyl (C=O) groups is 4. The number of aliphatic carboxylic acids is 1. The second-order valence-electron chi connectivity index (χ2n) is 8.30. The van der Waals surface area contributed by atoms with Crippen molar-refractivity contribution in [3.05, 3.63) is 10.6 Å². The highest BCUT2D eigenvalue weighted by Gasteiger charge is 2.60. The fraction of sp³-hybridized carbons (Fsp3) is 0.684. The van der Waals surface area contributed by atoms with Crippen LogP contribution in [0.4, 0.5) is 8.78 Å². The molecule has 0 aromatic heterocycles. The summed E-state index contributed by atoms with van der Waals surface area (Å²) in [5, 5.41) is 15.0. The summed E-state index contributed by atoms with van der Waals surface area (Å²) in [4.78, 5) is 51.4. The molecule has 6 atom stereocenters. The number of alkyl halides is 2. The van der Waals surface area contributed by atoms with Crippen LogP contribution in [0.5, 0.6) is 0 Å². The maximum absolute atomic E-state index is 12.7. The third-order valence-electron chi connectivity index (χ3n) is 6.02. The smallest absolute Gasteiger partial charge is 0.353 e. The van der Waals surface area contributed by atoms with Gasteiger partial charge in [0.1, 0.15) is 5.70 Å². The van der Waals surface area contributed by atoms with Gasteiger partial charge in [-0.2, -0.15) is 8.78 Å². The van der Waals surface area contributed by atoms with Gasteiger partial charge >= 0.3 is 12.4 Å². The van der Waals surface area contributed by atoms with Crippen molar-refractivity contribution < 1.29 is 33.1 Å². The van der Waals surface area contributed by atoms with Crippen LogP contribution in [0.3, 0.4) is 0 Å². The molecule has 9 nitrogen and oxygen atoms in total. The van der Waals surface area contributed by atoms with Gasteiger partial charge in [0.25, 0.3) is 5.91 Å². The Bertz CT molecular complexity index is 836. The van der Waals surface area contributed by atoms with Crippen LogP contribution >= 0.6 is 11.8 Å². The number of hydrogen-bond donors (Lipinski definition) is 3. The second kappa shape index (κ2) is 8.73. The number of thioether (sulfide) groups is 1. The zero-order valence-corrected chi connectivity index (χ0v) is 18.4. The summed E-state index contributed by atoms with van der Waals surface area (Å²) in [6.45, 7) is 3.78. The van der Waals surface area contributed by atoms with E-state index in [4.69, 9.17) is 0 Å². The number of nitrogens with one attached hydrogen (secondary N) is 2. The van der Waals surface area contributed by atoms with Crippen molar-refractivity contribution >= 4 is 35.5 Å². The zero-order valence-electron chi connectivity index (χ0n) is 17.6. The molecule has 0 unspecified atom stereocenters. The standard InChI is InChI=1S/C19H26F2N4O5S/c1-7-12-11(8(2)23-16(26)15(20)21)18(28)25(12)13(19(29)30)14(7)31-9-5-10(22-6-9)17(27)24(3)4/h7-12,15,22H,5-6H2,1-4H3,(H,23,26)(H,29,30)/t7-,8-,9+,10-,11-,12-/m1/s1. The first-order chi connectivity index (χ1) is 14.5. The maximum Gasteiger partial charge on any atom is 0.353 e. The number of nitrogens with zero attached hydrogens (tertiary/aromatic N) is 2. The van der Waals surface area contributed by atoms with E-state index in [2.05, 4.69) is 10.6 Å². The Morgan fingerprint density at radius 1 is 1.32 bits per heavy atom. The van der Waals surface area contributed by atoms with Crippen LogP contribution in [0.1, 0.15) is 20.3 Å². The Hall–Kier alpha value is -2.21. The van der Waals surface area contributed by atoms with Crippen molar-refractivity contribution in [3.8, 4) is 0 Å². The van der Waals surface area contributed by atoms with E-state index in [1.165, 1.54) is 28.5 Å². The third-order valence-corrected chi connectivity index (χ3v) is 7.53. The van der Waals surface area contributed by atoms with Gasteiger partial charge in [-0.15, -0.1) is 11.8 Å². The van der Waals surface area contributed by atoms with Crippen LogP contribution in [-0.4, -0.2) is 89.0 Å². The number of hydrogen-bond acceptors (Lipinski definition) is 6. The van der Waals surface area contributed by atoms with Crippen molar-refractivity contribution in [1.29, 1.82) is 0 Å². The highest BCUT2D eigenvalue weighted by atomic mass is 32.2. The van der Waals surface area contributed by atoms with Crippen molar-refractivity contribution in [2.24, 2.45) is 11.8 Å². The van der Waals surface area contributed by atoms with Crippen LogP contribution in [0.15, 0.2) is 10.6 Å². The van der Waals surface area contributed by atoms with E-state index in [9.17, 15) is 33.1 Å². The molecule has 172 valence electrons. The van der Waals surface area contributed by atoms with Crippen LogP contribution in [-0.2, 0) is 19.2 Å². The fourth-order valence-electron chi connectivity index (χ4n) is 4.55. The lowest BCUT2D eigenvalue weighted by atomic mass is 9.78. The summed E-state index contributed by atoms with van der Waals surface area (Å²) in [6, 6.07) is -1.73. The Kier molecular flexibility index (Phi) is 6.61. The van der Waals surface area contributed by atoms with Gasteiger partial charge < -0.3 is 25.5 Å². The van der Waals surface area contributed by atoms with E-state index >= 15 is 0 Å². The molecule has 0 radical (unpaired) electrons. The first-order valence-electron chi connectivity index (χ1n) is 9.95. The number of rotatable bonds is 7. The molecule has 3 rings (SSSR count). The van der Waals surface area contributed by atoms with E-state index in [1.54, 1.807) is 21.0 Å². The first-order valence-corrected chi connectivity index (χ1v) is 10.8. The Labute approximate surface area is 182 Å². The molecular weight excluding hydrogens is 434 g/mol. The molecule has 3 amide bonds. The number of likely N-dealkylation sites (N-methyl/N-ethyl adjacent to an activating group) is 1. The number of fused-ring (bicyclic) bond motifs is 1. The van der Waals surface area contributed by atoms with Gasteiger partial charge in [0, 0.05) is 42.8 Å². The lowest BCUT2D eigenvalue weighted by Crippen LogP contribution is -2.66. The molecule has 12 heteroatoms. The number of carboxylic acid groups (broad SMARTS) is 1. The van der Waals surface area contributed by atoms with Crippen molar-refractivity contribution in [2.45, 2.75) is 50.1 Å². The van der Waals surface area contributed by atoms with Crippen molar-refractivity contribution in [1.82, 2.24) is 20.4 Å². The molecule has 2 fully saturated rings. The predicted molar refractivity (Wildman–Crippen MR) is 108 cm³/mol. The summed E-state index contributed by atoms with van der Waals surface area (Å²) in [5.41, 5.74) is -0.0986. The van der Waals surface area contributed by atoms with Crippen LogP contribution < -0.4 is 10.6 Å². The molecule has 2 saturated heterocycles. The minimum atomic E-state index is -3.19. The topological polar surface area (TPSA) is 119 Å². The monoisotopic (exact) mass is 460 g/mol. The minimum absolute atomic E-state index is 0.0519. The minimum Gasteiger partial charge on any atom is -0.477 e. The third kappa shape index (κ3) is 4.14. The van der Waals surface area contributed by atoms with Crippen molar-refractivity contribution in [3.63, 3.8) is 0 Å². The van der Waals surface area contributed by atoms with Gasteiger partial charge in [0.15, 0.2) is 0 Å². The molecule has 0 aromatic rings. The van der Waals surface area contributed by atoms with Gasteiger partial charge in [-0.05, 0) is 13.3 Å². The van der Waals surface area contributed by atoms with Gasteiger partial charge in [-0.1, -0.05) is 6.92 Å². The predicted octanol–water partition coefficient (Wildman–Crippen LogP) is 0.0810. The summed E-state index contributed by atoms with van der Waals surface area (Å²) in [6.07, 6.45) is -2.67. The second-order valence-corrected chi connectivity index (χ2v) is 9.64. The van der Waals surface area contributed by atoms with Gasteiger partial charge in [0.2, 0.25) is 11.8 Å². The first kappa shape index (κ1) is 23.5. The van der Waals surface area contributed by atoms with Crippen molar-refractivity contribution in [2.75, 3.05) is 20.6 Å². The number of halogens is 2. The average Bonchev–Trinajstić information content (AvgIpc) is 3.23. The largest absolute Gasteiger partial charge is 0.477 e. The molecule has 31 heavy (non-hydrogen) atoms. The molecule has 0 aliphatic carbocycles.